The van der Waals surface area contributed by atoms with E-state index in [0.29, 0.717) is 25.6 Å². The Balaban J connectivity index is 1.48. The van der Waals surface area contributed by atoms with Crippen LogP contribution in [0.1, 0.15) is 23.4 Å². The lowest BCUT2D eigenvalue weighted by Crippen LogP contribution is -2.58. The van der Waals surface area contributed by atoms with Crippen molar-refractivity contribution in [1.29, 1.82) is 0 Å². The summed E-state index contributed by atoms with van der Waals surface area (Å²) in [4.78, 5) is 28.6. The number of aromatic nitrogens is 2. The molecule has 3 heterocycles. The molecule has 1 unspecified atom stereocenters. The molecule has 0 spiro atoms. The number of carbonyl (C=O) groups excluding carboxylic acids is 2. The van der Waals surface area contributed by atoms with Gasteiger partial charge < -0.3 is 15.1 Å². The summed E-state index contributed by atoms with van der Waals surface area (Å²) in [5, 5.41) is 7.39. The quantitative estimate of drug-likeness (QED) is 0.814. The van der Waals surface area contributed by atoms with Crippen LogP contribution in [0.15, 0.2) is 0 Å². The minimum Gasteiger partial charge on any atom is -0.355 e. The molecule has 24 heavy (non-hydrogen) atoms. The van der Waals surface area contributed by atoms with E-state index >= 15 is 0 Å². The Morgan fingerprint density at radius 2 is 1.96 bits per heavy atom. The molecule has 132 valence electrons. The van der Waals surface area contributed by atoms with E-state index in [0.717, 1.165) is 30.9 Å². The fourth-order valence-corrected chi connectivity index (χ4v) is 3.76. The van der Waals surface area contributed by atoms with E-state index in [1.807, 2.05) is 37.5 Å². The minimum atomic E-state index is -0.209. The van der Waals surface area contributed by atoms with Gasteiger partial charge >= 0.3 is 0 Å². The maximum absolute atomic E-state index is 12.4. The van der Waals surface area contributed by atoms with Crippen molar-refractivity contribution >= 4 is 11.8 Å². The normalized spacial score (nSPS) is 22.1. The highest BCUT2D eigenvalue weighted by molar-refractivity contribution is 5.89. The maximum Gasteiger partial charge on any atom is 0.225 e. The molecule has 2 saturated heterocycles. The van der Waals surface area contributed by atoms with Gasteiger partial charge in [0.2, 0.25) is 11.8 Å². The minimum absolute atomic E-state index is 0.00211. The van der Waals surface area contributed by atoms with E-state index in [1.165, 1.54) is 5.56 Å². The summed E-state index contributed by atoms with van der Waals surface area (Å²) in [6.07, 6.45) is 1.12. The molecule has 0 saturated carbocycles. The molecule has 1 aromatic rings. The van der Waals surface area contributed by atoms with Gasteiger partial charge in [0, 0.05) is 45.3 Å². The molecule has 2 amide bonds. The fraction of sp³-hybridized carbons (Fsp3) is 0.706. The summed E-state index contributed by atoms with van der Waals surface area (Å²) in [5.41, 5.74) is 3.35. The molecule has 1 aromatic heterocycles. The molecule has 0 bridgehead atoms. The number of rotatable bonds is 5. The predicted molar refractivity (Wildman–Crippen MR) is 90.5 cm³/mol. The topological polar surface area (TPSA) is 70.5 Å². The van der Waals surface area contributed by atoms with Crippen LogP contribution in [0.5, 0.6) is 0 Å². The van der Waals surface area contributed by atoms with Gasteiger partial charge in [-0.05, 0) is 32.9 Å². The van der Waals surface area contributed by atoms with Crippen LogP contribution in [0.4, 0.5) is 0 Å². The lowest BCUT2D eigenvalue weighted by Gasteiger charge is -2.42. The highest BCUT2D eigenvalue weighted by atomic mass is 16.2. The second-order valence-electron chi connectivity index (χ2n) is 7.14. The number of nitrogens with one attached hydrogen (secondary N) is 1. The standard InChI is InChI=1S/C17H27N5O2/c1-11-15(12(2)21(4)19-11)5-6-18-17(24)13-7-16(23)22(8-13)14-9-20(3)10-14/h13-14H,5-10H2,1-4H3,(H,18,24). The van der Waals surface area contributed by atoms with Gasteiger partial charge in [0.1, 0.15) is 0 Å². The average molecular weight is 333 g/mol. The first-order chi connectivity index (χ1) is 11.4. The number of amides is 2. The predicted octanol–water partition coefficient (Wildman–Crippen LogP) is -0.142. The Kier molecular flexibility index (Phi) is 4.62. The zero-order valence-electron chi connectivity index (χ0n) is 15.0. The van der Waals surface area contributed by atoms with Gasteiger partial charge in [-0.25, -0.2) is 0 Å². The summed E-state index contributed by atoms with van der Waals surface area (Å²) < 4.78 is 1.87. The van der Waals surface area contributed by atoms with Gasteiger partial charge in [0.15, 0.2) is 0 Å². The van der Waals surface area contributed by atoms with Gasteiger partial charge in [0.05, 0.1) is 17.7 Å². The highest BCUT2D eigenvalue weighted by Gasteiger charge is 2.41. The Morgan fingerprint density at radius 1 is 1.25 bits per heavy atom. The monoisotopic (exact) mass is 333 g/mol. The molecule has 2 aliphatic heterocycles. The first kappa shape index (κ1) is 17.0. The van der Waals surface area contributed by atoms with Crippen molar-refractivity contribution in [3.05, 3.63) is 17.0 Å². The van der Waals surface area contributed by atoms with Gasteiger partial charge in [0.25, 0.3) is 0 Å². The number of likely N-dealkylation sites (tertiary alicyclic amines) is 2. The van der Waals surface area contributed by atoms with Crippen LogP contribution >= 0.6 is 0 Å². The van der Waals surface area contributed by atoms with E-state index in [4.69, 9.17) is 0 Å². The van der Waals surface area contributed by atoms with E-state index in [9.17, 15) is 9.59 Å². The van der Waals surface area contributed by atoms with Crippen LogP contribution in [0, 0.1) is 19.8 Å². The fourth-order valence-electron chi connectivity index (χ4n) is 3.76. The van der Waals surface area contributed by atoms with Crippen molar-refractivity contribution in [2.45, 2.75) is 32.7 Å². The third kappa shape index (κ3) is 3.17. The van der Waals surface area contributed by atoms with Gasteiger partial charge in [-0.15, -0.1) is 0 Å². The first-order valence-electron chi connectivity index (χ1n) is 8.61. The summed E-state index contributed by atoms with van der Waals surface area (Å²) in [6, 6.07) is 0.293. The van der Waals surface area contributed by atoms with Crippen molar-refractivity contribution in [3.8, 4) is 0 Å². The molecule has 1 N–H and O–H groups in total. The molecular formula is C17H27N5O2. The number of hydrogen-bond donors (Lipinski definition) is 1. The number of likely N-dealkylation sites (N-methyl/N-ethyl adjacent to an activating group) is 1. The lowest BCUT2D eigenvalue weighted by molar-refractivity contribution is -0.132. The zero-order chi connectivity index (χ0) is 17.4. The van der Waals surface area contributed by atoms with Crippen molar-refractivity contribution in [3.63, 3.8) is 0 Å². The Hall–Kier alpha value is -1.89. The molecule has 7 heteroatoms. The van der Waals surface area contributed by atoms with Crippen molar-refractivity contribution in [2.75, 3.05) is 33.2 Å². The van der Waals surface area contributed by atoms with Gasteiger partial charge in [-0.3, -0.25) is 14.3 Å². The van der Waals surface area contributed by atoms with Gasteiger partial charge in [-0.1, -0.05) is 0 Å². The van der Waals surface area contributed by atoms with Crippen LogP contribution in [0.3, 0.4) is 0 Å². The summed E-state index contributed by atoms with van der Waals surface area (Å²) >= 11 is 0. The summed E-state index contributed by atoms with van der Waals surface area (Å²) in [7, 11) is 3.98. The Morgan fingerprint density at radius 3 is 2.54 bits per heavy atom. The largest absolute Gasteiger partial charge is 0.355 e. The molecule has 3 rings (SSSR count). The molecule has 2 aliphatic rings. The van der Waals surface area contributed by atoms with Crippen LogP contribution in [0.25, 0.3) is 0 Å². The van der Waals surface area contributed by atoms with Crippen molar-refractivity contribution < 1.29 is 9.59 Å². The highest BCUT2D eigenvalue weighted by Crippen LogP contribution is 2.24. The number of aryl methyl sites for hydroxylation is 2. The third-order valence-corrected chi connectivity index (χ3v) is 5.35. The Labute approximate surface area is 143 Å². The molecule has 0 radical (unpaired) electrons. The summed E-state index contributed by atoms with van der Waals surface area (Å²) in [5.74, 6) is -0.0931. The third-order valence-electron chi connectivity index (χ3n) is 5.35. The summed E-state index contributed by atoms with van der Waals surface area (Å²) in [6.45, 7) is 7.02. The van der Waals surface area contributed by atoms with Gasteiger partial charge in [-0.2, -0.15) is 5.10 Å². The van der Waals surface area contributed by atoms with Crippen molar-refractivity contribution in [2.24, 2.45) is 13.0 Å². The van der Waals surface area contributed by atoms with E-state index in [2.05, 4.69) is 15.3 Å². The van der Waals surface area contributed by atoms with E-state index in [-0.39, 0.29) is 17.7 Å². The maximum atomic E-state index is 12.4. The van der Waals surface area contributed by atoms with E-state index < -0.39 is 0 Å². The van der Waals surface area contributed by atoms with Crippen LogP contribution in [-0.2, 0) is 23.1 Å². The molecular weight excluding hydrogens is 306 g/mol. The van der Waals surface area contributed by atoms with Crippen LogP contribution < -0.4 is 5.32 Å². The van der Waals surface area contributed by atoms with Crippen LogP contribution in [0.2, 0.25) is 0 Å². The number of carbonyl (C=O) groups is 2. The molecule has 0 aromatic carbocycles. The van der Waals surface area contributed by atoms with E-state index in [1.54, 1.807) is 0 Å². The average Bonchev–Trinajstić information content (AvgIpc) is 2.98. The number of hydrogen-bond acceptors (Lipinski definition) is 4. The first-order valence-corrected chi connectivity index (χ1v) is 8.61. The lowest BCUT2D eigenvalue weighted by atomic mass is 10.1. The molecule has 0 aliphatic carbocycles. The second-order valence-corrected chi connectivity index (χ2v) is 7.14. The van der Waals surface area contributed by atoms with Crippen LogP contribution in [-0.4, -0.2) is 70.7 Å². The smallest absolute Gasteiger partial charge is 0.225 e. The number of nitrogens with zero attached hydrogens (tertiary/aromatic N) is 4. The second kappa shape index (κ2) is 6.55. The Bertz CT molecular complexity index is 648. The zero-order valence-corrected chi connectivity index (χ0v) is 15.0. The SMILES string of the molecule is Cc1nn(C)c(C)c1CCNC(=O)C1CC(=O)N(C2CN(C)C2)C1. The molecule has 7 nitrogen and oxygen atoms in total. The molecule has 1 atom stereocenters. The molecule has 2 fully saturated rings. The van der Waals surface area contributed by atoms with Crippen molar-refractivity contribution in [1.82, 2.24) is 24.9 Å².